The molecule has 1 aromatic carbocycles. The van der Waals surface area contributed by atoms with E-state index in [9.17, 15) is 5.11 Å². The first kappa shape index (κ1) is 25.5. The summed E-state index contributed by atoms with van der Waals surface area (Å²) in [5.41, 5.74) is 1.01. The summed E-state index contributed by atoms with van der Waals surface area (Å²) in [6.07, 6.45) is 22.8. The molecule has 0 aliphatic carbocycles. The molecular weight excluding hydrogens is 344 g/mol. The lowest BCUT2D eigenvalue weighted by molar-refractivity contribution is 0.311. The Bertz CT molecular complexity index is 621. The highest BCUT2D eigenvalue weighted by molar-refractivity contribution is 5.30. The first-order valence-corrected chi connectivity index (χ1v) is 10.4. The van der Waals surface area contributed by atoms with Crippen molar-refractivity contribution in [2.45, 2.75) is 59.3 Å². The van der Waals surface area contributed by atoms with Crippen LogP contribution < -0.4 is 4.74 Å². The van der Waals surface area contributed by atoms with Gasteiger partial charge in [-0.1, -0.05) is 88.1 Å². The highest BCUT2D eigenvalue weighted by Crippen LogP contribution is 2.15. The van der Waals surface area contributed by atoms with Gasteiger partial charge in [0.05, 0.1) is 12.4 Å². The molecule has 2 nitrogen and oxygen atoms in total. The zero-order valence-electron chi connectivity index (χ0n) is 17.9. The lowest BCUT2D eigenvalue weighted by atomic mass is 10.1. The predicted molar refractivity (Wildman–Crippen MR) is 124 cm³/mol. The van der Waals surface area contributed by atoms with Crippen molar-refractivity contribution < 1.29 is 9.84 Å². The summed E-state index contributed by atoms with van der Waals surface area (Å²) in [5, 5.41) is 9.25. The Morgan fingerprint density at radius 3 is 2.32 bits per heavy atom. The molecule has 0 aromatic heterocycles. The molecule has 154 valence electrons. The highest BCUT2D eigenvalue weighted by Gasteiger charge is 1.98. The SMILES string of the molecule is C=C(O)Cc1cccc(OCCC/C=C/C=C\C=C\CC/C=C\CC)c1.CC. The summed E-state index contributed by atoms with van der Waals surface area (Å²) < 4.78 is 5.75. The lowest BCUT2D eigenvalue weighted by Gasteiger charge is -2.07. The van der Waals surface area contributed by atoms with Crippen LogP contribution in [0.15, 0.2) is 85.2 Å². The average Bonchev–Trinajstić information content (AvgIpc) is 2.69. The molecule has 0 aliphatic heterocycles. The maximum Gasteiger partial charge on any atom is 0.119 e. The number of aliphatic hydroxyl groups excluding tert-OH is 1. The number of hydrogen-bond acceptors (Lipinski definition) is 2. The third-order valence-electron chi connectivity index (χ3n) is 3.60. The zero-order chi connectivity index (χ0) is 20.9. The van der Waals surface area contributed by atoms with Gasteiger partial charge in [-0.25, -0.2) is 0 Å². The van der Waals surface area contributed by atoms with Crippen molar-refractivity contribution in [3.63, 3.8) is 0 Å². The minimum Gasteiger partial charge on any atom is -0.513 e. The highest BCUT2D eigenvalue weighted by atomic mass is 16.5. The molecule has 0 saturated heterocycles. The molecule has 1 N–H and O–H groups in total. The van der Waals surface area contributed by atoms with Gasteiger partial charge in [-0.05, 0) is 49.8 Å². The Morgan fingerprint density at radius 1 is 0.964 bits per heavy atom. The van der Waals surface area contributed by atoms with Crippen LogP contribution in [0.2, 0.25) is 0 Å². The smallest absolute Gasteiger partial charge is 0.119 e. The molecule has 0 atom stereocenters. The topological polar surface area (TPSA) is 29.5 Å². The summed E-state index contributed by atoms with van der Waals surface area (Å²) in [7, 11) is 0. The first-order chi connectivity index (χ1) is 13.7. The van der Waals surface area contributed by atoms with Crippen LogP contribution in [-0.4, -0.2) is 11.7 Å². The quantitative estimate of drug-likeness (QED) is 0.163. The number of hydrogen-bond donors (Lipinski definition) is 1. The minimum absolute atomic E-state index is 0.170. The molecule has 0 bridgehead atoms. The van der Waals surface area contributed by atoms with Crippen molar-refractivity contribution in [3.05, 3.63) is 90.8 Å². The van der Waals surface area contributed by atoms with E-state index >= 15 is 0 Å². The van der Waals surface area contributed by atoms with E-state index in [0.29, 0.717) is 13.0 Å². The van der Waals surface area contributed by atoms with Crippen LogP contribution in [0.3, 0.4) is 0 Å². The van der Waals surface area contributed by atoms with Crippen molar-refractivity contribution in [1.82, 2.24) is 0 Å². The fourth-order valence-corrected chi connectivity index (χ4v) is 2.33. The van der Waals surface area contributed by atoms with Crippen LogP contribution in [0, 0.1) is 0 Å². The monoisotopic (exact) mass is 382 g/mol. The van der Waals surface area contributed by atoms with E-state index in [4.69, 9.17) is 4.74 Å². The summed E-state index contributed by atoms with van der Waals surface area (Å²) in [6, 6.07) is 7.78. The largest absolute Gasteiger partial charge is 0.513 e. The second-order valence-corrected chi connectivity index (χ2v) is 6.08. The van der Waals surface area contributed by atoms with Gasteiger partial charge in [-0.2, -0.15) is 0 Å². The summed E-state index contributed by atoms with van der Waals surface area (Å²) in [4.78, 5) is 0. The van der Waals surface area contributed by atoms with E-state index < -0.39 is 0 Å². The standard InChI is InChI=1S/C24H32O2.C2H6/c1-3-4-5-6-7-8-9-10-11-12-13-14-15-19-26-24-18-16-17-23(21-24)20-22(2)25;1-2/h4-5,8-13,16-18,21,25H,2-3,6-7,14-15,19-20H2,1H3;1-2H3/b5-4-,9-8+,11-10-,13-12+;. The molecule has 28 heavy (non-hydrogen) atoms. The Hall–Kier alpha value is -2.48. The van der Waals surface area contributed by atoms with Gasteiger partial charge >= 0.3 is 0 Å². The van der Waals surface area contributed by atoms with Gasteiger partial charge in [0, 0.05) is 6.42 Å². The third kappa shape index (κ3) is 15.7. The maximum absolute atomic E-state index is 9.25. The fraction of sp³-hybridized carbons (Fsp3) is 0.385. The number of benzene rings is 1. The van der Waals surface area contributed by atoms with Gasteiger partial charge in [0.2, 0.25) is 0 Å². The van der Waals surface area contributed by atoms with Gasteiger partial charge in [0.25, 0.3) is 0 Å². The Labute approximate surface area is 172 Å². The molecule has 0 amide bonds. The van der Waals surface area contributed by atoms with Crippen molar-refractivity contribution >= 4 is 0 Å². The number of aliphatic hydroxyl groups is 1. The van der Waals surface area contributed by atoms with E-state index in [1.54, 1.807) is 0 Å². The van der Waals surface area contributed by atoms with E-state index in [1.165, 1.54) is 0 Å². The molecule has 0 saturated carbocycles. The van der Waals surface area contributed by atoms with Gasteiger partial charge in [0.1, 0.15) is 5.75 Å². The van der Waals surface area contributed by atoms with E-state index in [0.717, 1.165) is 43.4 Å². The van der Waals surface area contributed by atoms with E-state index in [-0.39, 0.29) is 5.76 Å². The number of ether oxygens (including phenoxy) is 1. The van der Waals surface area contributed by atoms with Crippen molar-refractivity contribution in [1.29, 1.82) is 0 Å². The van der Waals surface area contributed by atoms with Gasteiger partial charge in [0.15, 0.2) is 0 Å². The Balaban J connectivity index is 0.00000352. The van der Waals surface area contributed by atoms with Crippen LogP contribution in [0.25, 0.3) is 0 Å². The van der Waals surface area contributed by atoms with Crippen LogP contribution in [0.4, 0.5) is 0 Å². The number of rotatable bonds is 13. The zero-order valence-corrected chi connectivity index (χ0v) is 17.9. The number of allylic oxidation sites excluding steroid dienone is 9. The Morgan fingerprint density at radius 2 is 1.64 bits per heavy atom. The minimum atomic E-state index is 0.170. The van der Waals surface area contributed by atoms with E-state index in [2.05, 4.69) is 62.1 Å². The van der Waals surface area contributed by atoms with Crippen LogP contribution in [-0.2, 0) is 6.42 Å². The van der Waals surface area contributed by atoms with Gasteiger partial charge in [-0.15, -0.1) is 0 Å². The van der Waals surface area contributed by atoms with Gasteiger partial charge in [-0.3, -0.25) is 0 Å². The summed E-state index contributed by atoms with van der Waals surface area (Å²) >= 11 is 0. The molecule has 2 heteroatoms. The third-order valence-corrected chi connectivity index (χ3v) is 3.60. The molecule has 0 heterocycles. The van der Waals surface area contributed by atoms with E-state index in [1.807, 2.05) is 38.1 Å². The van der Waals surface area contributed by atoms with Crippen molar-refractivity contribution in [2.75, 3.05) is 6.61 Å². The second-order valence-electron chi connectivity index (χ2n) is 6.08. The van der Waals surface area contributed by atoms with Crippen LogP contribution >= 0.6 is 0 Å². The fourth-order valence-electron chi connectivity index (χ4n) is 2.33. The van der Waals surface area contributed by atoms with Gasteiger partial charge < -0.3 is 9.84 Å². The molecule has 0 unspecified atom stereocenters. The first-order valence-electron chi connectivity index (χ1n) is 10.4. The lowest BCUT2D eigenvalue weighted by Crippen LogP contribution is -1.97. The summed E-state index contributed by atoms with van der Waals surface area (Å²) in [5.74, 6) is 1.01. The summed E-state index contributed by atoms with van der Waals surface area (Å²) in [6.45, 7) is 10.4. The molecule has 0 aliphatic rings. The molecule has 0 spiro atoms. The van der Waals surface area contributed by atoms with Crippen LogP contribution in [0.1, 0.15) is 58.4 Å². The molecular formula is C26H38O2. The predicted octanol–water partition coefficient (Wildman–Crippen LogP) is 7.90. The average molecular weight is 383 g/mol. The van der Waals surface area contributed by atoms with Crippen LogP contribution in [0.5, 0.6) is 5.75 Å². The van der Waals surface area contributed by atoms with Crippen molar-refractivity contribution in [3.8, 4) is 5.75 Å². The molecule has 1 aromatic rings. The maximum atomic E-state index is 9.25. The second kappa shape index (κ2) is 19.3. The molecule has 0 fully saturated rings. The van der Waals surface area contributed by atoms with Crippen molar-refractivity contribution in [2.24, 2.45) is 0 Å². The number of unbranched alkanes of at least 4 members (excludes halogenated alkanes) is 2. The Kier molecular flexibility index (Phi) is 17.6. The normalized spacial score (nSPS) is 11.4. The molecule has 1 rings (SSSR count). The molecule has 0 radical (unpaired) electrons.